The van der Waals surface area contributed by atoms with Crippen LogP contribution in [0.4, 0.5) is 5.69 Å². The molecule has 0 amide bonds. The minimum atomic E-state index is -0.469. The quantitative estimate of drug-likeness (QED) is 0.636. The van der Waals surface area contributed by atoms with Crippen LogP contribution in [0.5, 0.6) is 0 Å². The van der Waals surface area contributed by atoms with Crippen molar-refractivity contribution in [2.24, 2.45) is 5.41 Å². The van der Waals surface area contributed by atoms with Crippen LogP contribution in [-0.4, -0.2) is 25.5 Å². The Morgan fingerprint density at radius 1 is 1.38 bits per heavy atom. The van der Waals surface area contributed by atoms with Gasteiger partial charge in [0.25, 0.3) is 5.69 Å². The summed E-state index contributed by atoms with van der Waals surface area (Å²) >= 11 is 0. The van der Waals surface area contributed by atoms with E-state index in [1.165, 1.54) is 23.1 Å². The van der Waals surface area contributed by atoms with Crippen LogP contribution in [0.15, 0.2) is 30.6 Å². The molecule has 0 aliphatic carbocycles. The lowest BCUT2D eigenvalue weighted by atomic mass is 9.91. The number of benzene rings is 1. The van der Waals surface area contributed by atoms with Crippen LogP contribution in [0.2, 0.25) is 0 Å². The average Bonchev–Trinajstić information content (AvgIpc) is 2.86. The molecule has 0 atom stereocenters. The maximum Gasteiger partial charge on any atom is 0.270 e. The summed E-state index contributed by atoms with van der Waals surface area (Å²) in [7, 11) is 0. The lowest BCUT2D eigenvalue weighted by Gasteiger charge is -2.15. The summed E-state index contributed by atoms with van der Waals surface area (Å²) in [6, 6.07) is 6.08. The largest absolute Gasteiger partial charge is 0.297 e. The number of ketones is 1. The van der Waals surface area contributed by atoms with E-state index in [0.717, 1.165) is 0 Å². The Hall–Kier alpha value is -2.57. The number of carbonyl (C=O) groups excluding carboxylic acids is 1. The molecule has 0 bridgehead atoms. The summed E-state index contributed by atoms with van der Waals surface area (Å²) in [6.45, 7) is 5.65. The maximum atomic E-state index is 11.9. The van der Waals surface area contributed by atoms with E-state index >= 15 is 0 Å². The van der Waals surface area contributed by atoms with Crippen molar-refractivity contribution < 1.29 is 9.72 Å². The van der Waals surface area contributed by atoms with Crippen molar-refractivity contribution in [3.63, 3.8) is 0 Å². The molecule has 0 N–H and O–H groups in total. The lowest BCUT2D eigenvalue weighted by molar-refractivity contribution is -0.384. The summed E-state index contributed by atoms with van der Waals surface area (Å²) in [4.78, 5) is 26.3. The Balaban J connectivity index is 2.22. The highest BCUT2D eigenvalue weighted by Crippen LogP contribution is 2.21. The van der Waals surface area contributed by atoms with Gasteiger partial charge in [-0.05, 0) is 0 Å². The monoisotopic (exact) mass is 288 g/mol. The molecule has 0 saturated carbocycles. The van der Waals surface area contributed by atoms with Gasteiger partial charge < -0.3 is 0 Å². The van der Waals surface area contributed by atoms with Crippen LogP contribution in [0.25, 0.3) is 11.4 Å². The van der Waals surface area contributed by atoms with Gasteiger partial charge in [-0.3, -0.25) is 14.9 Å². The van der Waals surface area contributed by atoms with Crippen LogP contribution >= 0.6 is 0 Å². The molecule has 0 fully saturated rings. The number of non-ortho nitro benzene ring substituents is 1. The fraction of sp³-hybridized carbons (Fsp3) is 0.357. The Bertz CT molecular complexity index is 686. The van der Waals surface area contributed by atoms with Gasteiger partial charge in [0, 0.05) is 23.1 Å². The van der Waals surface area contributed by atoms with E-state index in [9.17, 15) is 14.9 Å². The highest BCUT2D eigenvalue weighted by molar-refractivity contribution is 5.83. The topological polar surface area (TPSA) is 90.9 Å². The van der Waals surface area contributed by atoms with Gasteiger partial charge in [-0.2, -0.15) is 5.10 Å². The predicted octanol–water partition coefficient (Wildman–Crippen LogP) is 2.47. The Morgan fingerprint density at radius 3 is 2.71 bits per heavy atom. The maximum absolute atomic E-state index is 11.9. The molecule has 1 aromatic carbocycles. The van der Waals surface area contributed by atoms with Crippen LogP contribution < -0.4 is 0 Å². The van der Waals surface area contributed by atoms with E-state index in [4.69, 9.17) is 0 Å². The third-order valence-electron chi connectivity index (χ3n) is 2.99. The molecule has 1 aromatic heterocycles. The molecule has 2 aromatic rings. The summed E-state index contributed by atoms with van der Waals surface area (Å²) in [5, 5.41) is 15.0. The number of nitro groups is 1. The number of aromatic nitrogens is 3. The highest BCUT2D eigenvalue weighted by Gasteiger charge is 2.22. The second-order valence-electron chi connectivity index (χ2n) is 5.75. The van der Waals surface area contributed by atoms with Gasteiger partial charge >= 0.3 is 0 Å². The van der Waals surface area contributed by atoms with Gasteiger partial charge in [0.05, 0.1) is 4.92 Å². The molecule has 7 heteroatoms. The first-order valence-corrected chi connectivity index (χ1v) is 6.45. The van der Waals surface area contributed by atoms with Crippen molar-refractivity contribution >= 4 is 11.5 Å². The summed E-state index contributed by atoms with van der Waals surface area (Å²) in [5.74, 6) is 0.401. The molecule has 7 nitrogen and oxygen atoms in total. The number of hydrogen-bond acceptors (Lipinski definition) is 5. The number of nitrogens with zero attached hydrogens (tertiary/aromatic N) is 4. The zero-order valence-corrected chi connectivity index (χ0v) is 12.1. The van der Waals surface area contributed by atoms with Gasteiger partial charge in [0.15, 0.2) is 11.6 Å². The normalized spacial score (nSPS) is 11.4. The minimum absolute atomic E-state index is 0.0189. The summed E-state index contributed by atoms with van der Waals surface area (Å²) in [5.41, 5.74) is 0.0817. The lowest BCUT2D eigenvalue weighted by Crippen LogP contribution is -2.25. The van der Waals surface area contributed by atoms with Gasteiger partial charge in [0.2, 0.25) is 0 Å². The number of Topliss-reactive ketones (excluding diaryl/α,β-unsaturated/α-hetero) is 1. The van der Waals surface area contributed by atoms with Gasteiger partial charge in [-0.15, -0.1) is 0 Å². The van der Waals surface area contributed by atoms with Crippen LogP contribution in [-0.2, 0) is 11.3 Å². The third-order valence-corrected chi connectivity index (χ3v) is 2.99. The average molecular weight is 288 g/mol. The Kier molecular flexibility index (Phi) is 3.84. The highest BCUT2D eigenvalue weighted by atomic mass is 16.6. The minimum Gasteiger partial charge on any atom is -0.297 e. The van der Waals surface area contributed by atoms with E-state index in [2.05, 4.69) is 10.1 Å². The molecular weight excluding hydrogens is 272 g/mol. The van der Waals surface area contributed by atoms with E-state index in [1.807, 2.05) is 20.8 Å². The molecule has 0 unspecified atom stereocenters. The van der Waals surface area contributed by atoms with Crippen molar-refractivity contribution in [3.05, 3.63) is 40.7 Å². The SMILES string of the molecule is CC(C)(C)C(=O)Cn1cnc(-c2cccc([N+](=O)[O-])c2)n1. The first kappa shape index (κ1) is 14.8. The van der Waals surface area contributed by atoms with E-state index in [1.54, 1.807) is 12.1 Å². The molecule has 2 rings (SSSR count). The van der Waals surface area contributed by atoms with E-state index < -0.39 is 10.3 Å². The van der Waals surface area contributed by atoms with Gasteiger partial charge in [-0.1, -0.05) is 32.9 Å². The Labute approximate surface area is 121 Å². The van der Waals surface area contributed by atoms with Crippen LogP contribution in [0.3, 0.4) is 0 Å². The number of nitro benzene ring substituents is 1. The predicted molar refractivity (Wildman–Crippen MR) is 76.6 cm³/mol. The fourth-order valence-electron chi connectivity index (χ4n) is 1.65. The Morgan fingerprint density at radius 2 is 2.10 bits per heavy atom. The van der Waals surface area contributed by atoms with E-state index in [0.29, 0.717) is 11.4 Å². The molecule has 0 radical (unpaired) electrons. The molecule has 0 saturated heterocycles. The van der Waals surface area contributed by atoms with Crippen molar-refractivity contribution in [1.29, 1.82) is 0 Å². The zero-order chi connectivity index (χ0) is 15.6. The smallest absolute Gasteiger partial charge is 0.270 e. The molecule has 1 heterocycles. The second-order valence-corrected chi connectivity index (χ2v) is 5.75. The molecule has 0 aliphatic rings. The van der Waals surface area contributed by atoms with Crippen molar-refractivity contribution in [3.8, 4) is 11.4 Å². The number of carbonyl (C=O) groups is 1. The molecular formula is C14H16N4O3. The number of rotatable bonds is 4. The van der Waals surface area contributed by atoms with E-state index in [-0.39, 0.29) is 18.0 Å². The third kappa shape index (κ3) is 3.50. The zero-order valence-electron chi connectivity index (χ0n) is 12.1. The molecule has 0 spiro atoms. The van der Waals surface area contributed by atoms with Gasteiger partial charge in [0.1, 0.15) is 12.9 Å². The fourth-order valence-corrected chi connectivity index (χ4v) is 1.65. The first-order valence-electron chi connectivity index (χ1n) is 6.45. The second kappa shape index (κ2) is 5.43. The van der Waals surface area contributed by atoms with Crippen molar-refractivity contribution in [2.45, 2.75) is 27.3 Å². The van der Waals surface area contributed by atoms with Crippen LogP contribution in [0, 0.1) is 15.5 Å². The van der Waals surface area contributed by atoms with Gasteiger partial charge in [-0.25, -0.2) is 9.67 Å². The molecule has 21 heavy (non-hydrogen) atoms. The summed E-state index contributed by atoms with van der Waals surface area (Å²) in [6.07, 6.45) is 1.46. The first-order chi connectivity index (χ1) is 9.77. The standard InChI is InChI=1S/C14H16N4O3/c1-14(2,3)12(19)8-17-9-15-13(16-17)10-5-4-6-11(7-10)18(20)21/h4-7,9H,8H2,1-3H3. The molecule has 110 valence electrons. The molecule has 0 aliphatic heterocycles. The van der Waals surface area contributed by atoms with Crippen molar-refractivity contribution in [2.75, 3.05) is 0 Å². The number of hydrogen-bond donors (Lipinski definition) is 0. The summed E-state index contributed by atoms with van der Waals surface area (Å²) < 4.78 is 1.45. The van der Waals surface area contributed by atoms with Crippen LogP contribution in [0.1, 0.15) is 20.8 Å². The van der Waals surface area contributed by atoms with Crippen molar-refractivity contribution in [1.82, 2.24) is 14.8 Å².